The zero-order valence-electron chi connectivity index (χ0n) is 17.8. The standard InChI is InChI=1S/C23H23F3N4O2/c1-13-4-9-17(14(2)10-13)28-22(31)19-12-21-27-18(15-5-7-16(32-3)8-6-15)11-20(23(24,25)26)30(21)29-19/h4-10,12,18,20,27H,11H2,1-3H3,(H,28,31). The third-order valence-corrected chi connectivity index (χ3v) is 5.57. The number of aromatic nitrogens is 2. The number of fused-ring (bicyclic) bond motifs is 1. The van der Waals surface area contributed by atoms with Gasteiger partial charge in [-0.2, -0.15) is 18.3 Å². The summed E-state index contributed by atoms with van der Waals surface area (Å²) in [5.74, 6) is 0.195. The fourth-order valence-electron chi connectivity index (χ4n) is 3.88. The summed E-state index contributed by atoms with van der Waals surface area (Å²) in [7, 11) is 1.52. The molecule has 2 unspecified atom stereocenters. The molecule has 2 aromatic carbocycles. The molecule has 1 aliphatic rings. The average molecular weight is 444 g/mol. The van der Waals surface area contributed by atoms with Gasteiger partial charge < -0.3 is 15.4 Å². The largest absolute Gasteiger partial charge is 0.497 e. The Hall–Kier alpha value is -3.49. The number of methoxy groups -OCH3 is 1. The van der Waals surface area contributed by atoms with E-state index in [1.54, 1.807) is 30.3 Å². The first kappa shape index (κ1) is 21.7. The summed E-state index contributed by atoms with van der Waals surface area (Å²) in [6, 6.07) is 11.3. The van der Waals surface area contributed by atoms with Gasteiger partial charge in [-0.1, -0.05) is 29.8 Å². The third-order valence-electron chi connectivity index (χ3n) is 5.57. The highest BCUT2D eigenvalue weighted by atomic mass is 19.4. The van der Waals surface area contributed by atoms with Gasteiger partial charge in [0.15, 0.2) is 11.7 Å². The van der Waals surface area contributed by atoms with Crippen molar-refractivity contribution >= 4 is 17.4 Å². The van der Waals surface area contributed by atoms with Gasteiger partial charge in [0, 0.05) is 18.2 Å². The third kappa shape index (κ3) is 4.28. The first-order valence-corrected chi connectivity index (χ1v) is 10.1. The second kappa shape index (κ2) is 8.22. The van der Waals surface area contributed by atoms with Crippen molar-refractivity contribution in [1.82, 2.24) is 9.78 Å². The molecule has 1 aliphatic heterocycles. The Morgan fingerprint density at radius 2 is 1.88 bits per heavy atom. The predicted molar refractivity (Wildman–Crippen MR) is 115 cm³/mol. The minimum Gasteiger partial charge on any atom is -0.497 e. The van der Waals surface area contributed by atoms with Crippen LogP contribution in [-0.4, -0.2) is 29.0 Å². The van der Waals surface area contributed by atoms with Crippen LogP contribution in [0.4, 0.5) is 24.7 Å². The molecule has 0 fully saturated rings. The SMILES string of the molecule is COc1ccc(C2CC(C(F)(F)F)n3nc(C(=O)Nc4ccc(C)cc4C)cc3N2)cc1. The van der Waals surface area contributed by atoms with Gasteiger partial charge in [-0.25, -0.2) is 4.68 Å². The van der Waals surface area contributed by atoms with E-state index in [1.165, 1.54) is 13.2 Å². The molecule has 1 amide bonds. The Balaban J connectivity index is 1.63. The van der Waals surface area contributed by atoms with Gasteiger partial charge in [-0.05, 0) is 43.2 Å². The topological polar surface area (TPSA) is 68.2 Å². The maximum Gasteiger partial charge on any atom is 0.410 e. The number of carbonyl (C=O) groups excluding carboxylic acids is 1. The molecule has 32 heavy (non-hydrogen) atoms. The van der Waals surface area contributed by atoms with Crippen LogP contribution in [0.1, 0.15) is 45.7 Å². The molecule has 2 heterocycles. The first-order chi connectivity index (χ1) is 15.2. The highest BCUT2D eigenvalue weighted by Crippen LogP contribution is 2.43. The van der Waals surface area contributed by atoms with Crippen LogP contribution in [0.15, 0.2) is 48.5 Å². The Morgan fingerprint density at radius 3 is 2.50 bits per heavy atom. The average Bonchev–Trinajstić information content (AvgIpc) is 3.18. The smallest absolute Gasteiger partial charge is 0.410 e. The second-order valence-corrected chi connectivity index (χ2v) is 7.90. The maximum absolute atomic E-state index is 13.9. The Labute approximate surface area is 183 Å². The van der Waals surface area contributed by atoms with E-state index in [0.29, 0.717) is 17.0 Å². The van der Waals surface area contributed by atoms with Crippen molar-refractivity contribution in [3.05, 3.63) is 70.9 Å². The van der Waals surface area contributed by atoms with E-state index >= 15 is 0 Å². The van der Waals surface area contributed by atoms with Crippen LogP contribution in [0.25, 0.3) is 0 Å². The lowest BCUT2D eigenvalue weighted by Crippen LogP contribution is -2.35. The van der Waals surface area contributed by atoms with Gasteiger partial charge >= 0.3 is 6.18 Å². The molecular weight excluding hydrogens is 421 g/mol. The van der Waals surface area contributed by atoms with Gasteiger partial charge in [-0.3, -0.25) is 4.79 Å². The van der Waals surface area contributed by atoms with Crippen LogP contribution < -0.4 is 15.4 Å². The summed E-state index contributed by atoms with van der Waals surface area (Å²) in [6.45, 7) is 3.78. The van der Waals surface area contributed by atoms with Crippen LogP contribution in [0.2, 0.25) is 0 Å². The highest BCUT2D eigenvalue weighted by Gasteiger charge is 2.46. The summed E-state index contributed by atoms with van der Waals surface area (Å²) in [6.07, 6.45) is -4.77. The zero-order chi connectivity index (χ0) is 23.0. The Bertz CT molecular complexity index is 1140. The van der Waals surface area contributed by atoms with Crippen molar-refractivity contribution in [2.45, 2.75) is 38.5 Å². The monoisotopic (exact) mass is 444 g/mol. The fourth-order valence-corrected chi connectivity index (χ4v) is 3.88. The molecule has 2 N–H and O–H groups in total. The van der Waals surface area contributed by atoms with E-state index in [0.717, 1.165) is 15.8 Å². The number of nitrogens with zero attached hydrogens (tertiary/aromatic N) is 2. The summed E-state index contributed by atoms with van der Waals surface area (Å²) < 4.78 is 47.6. The number of amides is 1. The number of hydrogen-bond donors (Lipinski definition) is 2. The van der Waals surface area contributed by atoms with Crippen LogP contribution in [-0.2, 0) is 0 Å². The molecule has 0 radical (unpaired) electrons. The number of hydrogen-bond acceptors (Lipinski definition) is 4. The number of rotatable bonds is 4. The number of aryl methyl sites for hydroxylation is 2. The Morgan fingerprint density at radius 1 is 1.16 bits per heavy atom. The normalized spacial score (nSPS) is 17.9. The number of alkyl halides is 3. The zero-order valence-corrected chi connectivity index (χ0v) is 17.8. The quantitative estimate of drug-likeness (QED) is 0.564. The number of ether oxygens (including phenoxy) is 1. The molecule has 4 rings (SSSR count). The maximum atomic E-state index is 13.9. The van der Waals surface area contributed by atoms with Crippen molar-refractivity contribution in [3.63, 3.8) is 0 Å². The minimum atomic E-state index is -4.52. The second-order valence-electron chi connectivity index (χ2n) is 7.90. The lowest BCUT2D eigenvalue weighted by Gasteiger charge is -2.33. The molecule has 2 atom stereocenters. The van der Waals surface area contributed by atoms with Gasteiger partial charge in [-0.15, -0.1) is 0 Å². The Kier molecular flexibility index (Phi) is 5.58. The molecule has 0 aliphatic carbocycles. The van der Waals surface area contributed by atoms with Crippen molar-refractivity contribution in [2.24, 2.45) is 0 Å². The van der Waals surface area contributed by atoms with Gasteiger partial charge in [0.2, 0.25) is 0 Å². The number of halogens is 3. The van der Waals surface area contributed by atoms with E-state index < -0.39 is 24.2 Å². The van der Waals surface area contributed by atoms with Gasteiger partial charge in [0.1, 0.15) is 11.6 Å². The molecule has 1 aromatic heterocycles. The van der Waals surface area contributed by atoms with Crippen molar-refractivity contribution < 1.29 is 22.7 Å². The van der Waals surface area contributed by atoms with Crippen molar-refractivity contribution in [2.75, 3.05) is 17.7 Å². The van der Waals surface area contributed by atoms with Crippen LogP contribution in [0.3, 0.4) is 0 Å². The lowest BCUT2D eigenvalue weighted by atomic mass is 9.97. The van der Waals surface area contributed by atoms with E-state index in [2.05, 4.69) is 15.7 Å². The van der Waals surface area contributed by atoms with Crippen molar-refractivity contribution in [1.29, 1.82) is 0 Å². The highest BCUT2D eigenvalue weighted by molar-refractivity contribution is 6.03. The van der Waals surface area contributed by atoms with E-state index in [1.807, 2.05) is 26.0 Å². The molecule has 0 spiro atoms. The van der Waals surface area contributed by atoms with Crippen LogP contribution in [0, 0.1) is 13.8 Å². The number of benzene rings is 2. The molecule has 3 aromatic rings. The number of carbonyl (C=O) groups is 1. The lowest BCUT2D eigenvalue weighted by molar-refractivity contribution is -0.173. The van der Waals surface area contributed by atoms with E-state index in [9.17, 15) is 18.0 Å². The van der Waals surface area contributed by atoms with E-state index in [-0.39, 0.29) is 17.9 Å². The number of nitrogens with one attached hydrogen (secondary N) is 2. The van der Waals surface area contributed by atoms with Gasteiger partial charge in [0.25, 0.3) is 5.91 Å². The molecule has 6 nitrogen and oxygen atoms in total. The summed E-state index contributed by atoms with van der Waals surface area (Å²) >= 11 is 0. The summed E-state index contributed by atoms with van der Waals surface area (Å²) in [4.78, 5) is 12.7. The molecule has 0 bridgehead atoms. The predicted octanol–water partition coefficient (Wildman–Crippen LogP) is 5.42. The molecule has 0 saturated heterocycles. The molecular formula is C23H23F3N4O2. The number of anilines is 2. The van der Waals surface area contributed by atoms with Gasteiger partial charge in [0.05, 0.1) is 13.2 Å². The first-order valence-electron chi connectivity index (χ1n) is 10.1. The van der Waals surface area contributed by atoms with Crippen LogP contribution in [0.5, 0.6) is 5.75 Å². The van der Waals surface area contributed by atoms with Crippen LogP contribution >= 0.6 is 0 Å². The van der Waals surface area contributed by atoms with Crippen molar-refractivity contribution in [3.8, 4) is 5.75 Å². The summed E-state index contributed by atoms with van der Waals surface area (Å²) in [5, 5.41) is 9.82. The molecule has 9 heteroatoms. The molecule has 0 saturated carbocycles. The fraction of sp³-hybridized carbons (Fsp3) is 0.304. The summed E-state index contributed by atoms with van der Waals surface area (Å²) in [5.41, 5.74) is 3.09. The molecule has 168 valence electrons. The van der Waals surface area contributed by atoms with E-state index in [4.69, 9.17) is 4.74 Å². The minimum absolute atomic E-state index is 0.0860.